The Morgan fingerprint density at radius 3 is 3.17 bits per heavy atom. The minimum atomic E-state index is -0.220. The fourth-order valence-corrected chi connectivity index (χ4v) is 2.07. The van der Waals surface area contributed by atoms with Gasteiger partial charge in [0, 0.05) is 24.7 Å². The number of hydrogen-bond donors (Lipinski definition) is 2. The van der Waals surface area contributed by atoms with E-state index in [4.69, 9.17) is 5.11 Å². The molecule has 0 saturated heterocycles. The molecule has 6 heteroatoms. The molecule has 0 saturated carbocycles. The number of carbonyl (C=O) groups is 1. The maximum atomic E-state index is 11.9. The maximum absolute atomic E-state index is 11.9. The largest absolute Gasteiger partial charge is 0.384 e. The molecule has 5 nitrogen and oxygen atoms in total. The van der Waals surface area contributed by atoms with Crippen molar-refractivity contribution < 1.29 is 9.90 Å². The fourth-order valence-electron chi connectivity index (χ4n) is 1.32. The van der Waals surface area contributed by atoms with Crippen molar-refractivity contribution in [2.45, 2.75) is 0 Å². The van der Waals surface area contributed by atoms with Gasteiger partial charge in [0.05, 0.1) is 10.4 Å². The van der Waals surface area contributed by atoms with Crippen LogP contribution in [0.2, 0.25) is 0 Å². The second-order valence-electron chi connectivity index (χ2n) is 3.49. The summed E-state index contributed by atoms with van der Waals surface area (Å²) in [6.07, 6.45) is 1.75. The Morgan fingerprint density at radius 1 is 1.67 bits per heavy atom. The summed E-state index contributed by atoms with van der Waals surface area (Å²) in [4.78, 5) is 12.6. The molecule has 2 heterocycles. The molecule has 0 radical (unpaired) electrons. The smallest absolute Gasteiger partial charge is 0.257 e. The molecule has 2 rings (SSSR count). The summed E-state index contributed by atoms with van der Waals surface area (Å²) in [6, 6.07) is 3.41. The van der Waals surface area contributed by atoms with Crippen molar-refractivity contribution in [3.8, 4) is 11.8 Å². The van der Waals surface area contributed by atoms with Gasteiger partial charge in [-0.2, -0.15) is 5.10 Å². The normalized spacial score (nSPS) is 9.67. The second kappa shape index (κ2) is 5.49. The first-order valence-electron chi connectivity index (χ1n) is 5.18. The number of aromatic nitrogens is 2. The summed E-state index contributed by atoms with van der Waals surface area (Å²) < 4.78 is 1.61. The molecule has 2 N–H and O–H groups in total. The number of thiophene rings is 1. The predicted molar refractivity (Wildman–Crippen MR) is 69.4 cm³/mol. The van der Waals surface area contributed by atoms with Crippen LogP contribution in [0.4, 0.5) is 5.82 Å². The Bertz CT molecular complexity index is 619. The van der Waals surface area contributed by atoms with Crippen LogP contribution in [0.5, 0.6) is 0 Å². The molecule has 0 aliphatic heterocycles. The molecule has 18 heavy (non-hydrogen) atoms. The van der Waals surface area contributed by atoms with Crippen LogP contribution >= 0.6 is 11.3 Å². The lowest BCUT2D eigenvalue weighted by atomic mass is 10.3. The first kappa shape index (κ1) is 12.4. The molecule has 2 aromatic heterocycles. The van der Waals surface area contributed by atoms with Gasteiger partial charge in [-0.1, -0.05) is 11.8 Å². The van der Waals surface area contributed by atoms with Crippen LogP contribution in [0.25, 0.3) is 0 Å². The summed E-state index contributed by atoms with van der Waals surface area (Å²) in [5.74, 6) is 5.59. The van der Waals surface area contributed by atoms with Gasteiger partial charge in [0.1, 0.15) is 6.61 Å². The first-order chi connectivity index (χ1) is 8.69. The lowest BCUT2D eigenvalue weighted by Gasteiger charge is -1.98. The van der Waals surface area contributed by atoms with Crippen LogP contribution in [-0.4, -0.2) is 27.4 Å². The highest BCUT2D eigenvalue weighted by molar-refractivity contribution is 7.10. The molecule has 0 spiro atoms. The van der Waals surface area contributed by atoms with Crippen LogP contribution in [-0.2, 0) is 7.05 Å². The molecule has 0 aliphatic carbocycles. The van der Waals surface area contributed by atoms with Crippen LogP contribution in [0.3, 0.4) is 0 Å². The Kier molecular flexibility index (Phi) is 3.77. The van der Waals surface area contributed by atoms with Gasteiger partial charge in [-0.05, 0) is 6.07 Å². The van der Waals surface area contributed by atoms with Crippen LogP contribution < -0.4 is 5.32 Å². The molecule has 1 amide bonds. The number of nitrogens with one attached hydrogen (secondary N) is 1. The van der Waals surface area contributed by atoms with Crippen LogP contribution in [0.1, 0.15) is 15.2 Å². The molecule has 0 fully saturated rings. The van der Waals surface area contributed by atoms with Crippen molar-refractivity contribution >= 4 is 23.1 Å². The van der Waals surface area contributed by atoms with E-state index in [0.717, 1.165) is 4.88 Å². The number of nitrogens with zero attached hydrogens (tertiary/aromatic N) is 2. The Balaban J connectivity index is 2.07. The maximum Gasteiger partial charge on any atom is 0.257 e. The number of anilines is 1. The monoisotopic (exact) mass is 261 g/mol. The van der Waals surface area contributed by atoms with Crippen molar-refractivity contribution in [1.29, 1.82) is 0 Å². The highest BCUT2D eigenvalue weighted by Gasteiger charge is 2.09. The van der Waals surface area contributed by atoms with E-state index in [1.165, 1.54) is 11.3 Å². The van der Waals surface area contributed by atoms with E-state index in [2.05, 4.69) is 22.3 Å². The van der Waals surface area contributed by atoms with Crippen molar-refractivity contribution in [1.82, 2.24) is 9.78 Å². The highest BCUT2D eigenvalue weighted by Crippen LogP contribution is 2.15. The van der Waals surface area contributed by atoms with Gasteiger partial charge in [-0.15, -0.1) is 11.3 Å². The number of aliphatic hydroxyl groups excluding tert-OH is 1. The Labute approximate surface area is 108 Å². The van der Waals surface area contributed by atoms with Gasteiger partial charge in [0.15, 0.2) is 5.82 Å². The van der Waals surface area contributed by atoms with Crippen molar-refractivity contribution in [3.05, 3.63) is 34.2 Å². The van der Waals surface area contributed by atoms with Crippen molar-refractivity contribution in [2.75, 3.05) is 11.9 Å². The number of aliphatic hydroxyl groups is 1. The molecule has 0 unspecified atom stereocenters. The summed E-state index contributed by atoms with van der Waals surface area (Å²) >= 11 is 1.36. The number of rotatable bonds is 2. The molecular weight excluding hydrogens is 250 g/mol. The zero-order chi connectivity index (χ0) is 13.0. The summed E-state index contributed by atoms with van der Waals surface area (Å²) in [5.41, 5.74) is 0.535. The highest BCUT2D eigenvalue weighted by atomic mass is 32.1. The van der Waals surface area contributed by atoms with Gasteiger partial charge >= 0.3 is 0 Å². The molecule has 0 bridgehead atoms. The predicted octanol–water partition coefficient (Wildman–Crippen LogP) is 1.08. The minimum Gasteiger partial charge on any atom is -0.384 e. The third-order valence-electron chi connectivity index (χ3n) is 2.11. The van der Waals surface area contributed by atoms with E-state index in [1.807, 2.05) is 0 Å². The quantitative estimate of drug-likeness (QED) is 0.795. The van der Waals surface area contributed by atoms with E-state index < -0.39 is 0 Å². The van der Waals surface area contributed by atoms with Gasteiger partial charge in [0.2, 0.25) is 0 Å². The Morgan fingerprint density at radius 2 is 2.50 bits per heavy atom. The second-order valence-corrected chi connectivity index (χ2v) is 4.40. The first-order valence-corrected chi connectivity index (χ1v) is 6.06. The van der Waals surface area contributed by atoms with E-state index in [9.17, 15) is 4.79 Å². The SMILES string of the molecule is Cn1ccc(NC(=O)c2csc(C#CCO)c2)n1. The average molecular weight is 261 g/mol. The van der Waals surface area contributed by atoms with E-state index in [1.54, 1.807) is 35.4 Å². The summed E-state index contributed by atoms with van der Waals surface area (Å²) in [7, 11) is 1.78. The topological polar surface area (TPSA) is 67.2 Å². The standard InChI is InChI=1S/C12H11N3O2S/c1-15-5-4-11(14-15)13-12(17)9-7-10(18-8-9)3-2-6-16/h4-5,7-8,16H,6H2,1H3,(H,13,14,17). The fraction of sp³-hybridized carbons (Fsp3) is 0.167. The lowest BCUT2D eigenvalue weighted by Crippen LogP contribution is -2.11. The van der Waals surface area contributed by atoms with Gasteiger partial charge in [-0.25, -0.2) is 0 Å². The van der Waals surface area contributed by atoms with Gasteiger partial charge < -0.3 is 10.4 Å². The van der Waals surface area contributed by atoms with Crippen molar-refractivity contribution in [2.24, 2.45) is 7.05 Å². The van der Waals surface area contributed by atoms with Crippen molar-refractivity contribution in [3.63, 3.8) is 0 Å². The zero-order valence-corrected chi connectivity index (χ0v) is 10.5. The van der Waals surface area contributed by atoms with E-state index in [-0.39, 0.29) is 12.5 Å². The van der Waals surface area contributed by atoms with Crippen LogP contribution in [0, 0.1) is 11.8 Å². The zero-order valence-electron chi connectivity index (χ0n) is 9.67. The lowest BCUT2D eigenvalue weighted by molar-refractivity contribution is 0.102. The molecule has 92 valence electrons. The minimum absolute atomic E-state index is 0.187. The number of amides is 1. The molecule has 0 aliphatic rings. The summed E-state index contributed by atoms with van der Waals surface area (Å²) in [5, 5.41) is 17.1. The summed E-state index contributed by atoms with van der Waals surface area (Å²) in [6.45, 7) is -0.187. The molecule has 0 atom stereocenters. The number of hydrogen-bond acceptors (Lipinski definition) is 4. The van der Waals surface area contributed by atoms with E-state index in [0.29, 0.717) is 11.4 Å². The Hall–Kier alpha value is -2.10. The number of aryl methyl sites for hydroxylation is 1. The number of carbonyl (C=O) groups excluding carboxylic acids is 1. The van der Waals surface area contributed by atoms with Gasteiger partial charge in [0.25, 0.3) is 5.91 Å². The third-order valence-corrected chi connectivity index (χ3v) is 2.95. The van der Waals surface area contributed by atoms with Crippen LogP contribution in [0.15, 0.2) is 23.7 Å². The van der Waals surface area contributed by atoms with Gasteiger partial charge in [-0.3, -0.25) is 9.48 Å². The molecule has 2 aromatic rings. The van der Waals surface area contributed by atoms with E-state index >= 15 is 0 Å². The average Bonchev–Trinajstić information content (AvgIpc) is 2.96. The molecular formula is C12H11N3O2S. The molecule has 0 aromatic carbocycles. The third kappa shape index (κ3) is 2.97.